The van der Waals surface area contributed by atoms with E-state index in [-0.39, 0.29) is 17.7 Å². The van der Waals surface area contributed by atoms with Crippen LogP contribution in [-0.2, 0) is 0 Å². The number of rotatable bonds is 3. The first-order valence-corrected chi connectivity index (χ1v) is 7.21. The average Bonchev–Trinajstić information content (AvgIpc) is 2.38. The molecule has 0 heterocycles. The number of phenols is 1. The molecule has 0 unspecified atom stereocenters. The van der Waals surface area contributed by atoms with Gasteiger partial charge in [-0.25, -0.2) is 0 Å². The van der Waals surface area contributed by atoms with E-state index < -0.39 is 0 Å². The molecule has 0 bridgehead atoms. The van der Waals surface area contributed by atoms with E-state index in [2.05, 4.69) is 5.32 Å². The number of hydrogen-bond acceptors (Lipinski definition) is 2. The van der Waals surface area contributed by atoms with Crippen molar-refractivity contribution < 1.29 is 9.90 Å². The summed E-state index contributed by atoms with van der Waals surface area (Å²) in [6.45, 7) is 3.85. The standard InChI is InChI=1S/C16H23NO2/c1-11(2)17-16(19)13-8-9-14(15(18)10-13)12-6-4-3-5-7-12/h8-12,18H,3-7H2,1-2H3,(H,17,19). The Labute approximate surface area is 115 Å². The molecule has 0 aromatic heterocycles. The molecule has 1 amide bonds. The van der Waals surface area contributed by atoms with Crippen LogP contribution in [0.3, 0.4) is 0 Å². The lowest BCUT2D eigenvalue weighted by Crippen LogP contribution is -2.30. The summed E-state index contributed by atoms with van der Waals surface area (Å²) in [5.74, 6) is 0.597. The van der Waals surface area contributed by atoms with Crippen molar-refractivity contribution in [2.45, 2.75) is 57.9 Å². The lowest BCUT2D eigenvalue weighted by atomic mass is 9.83. The molecule has 1 aromatic carbocycles. The Kier molecular flexibility index (Phi) is 4.46. The number of nitrogens with one attached hydrogen (secondary N) is 1. The van der Waals surface area contributed by atoms with Gasteiger partial charge in [0.2, 0.25) is 0 Å². The zero-order valence-electron chi connectivity index (χ0n) is 11.8. The van der Waals surface area contributed by atoms with E-state index in [1.165, 1.54) is 19.3 Å². The SMILES string of the molecule is CC(C)NC(=O)c1ccc(C2CCCCC2)c(O)c1. The third kappa shape index (κ3) is 3.49. The van der Waals surface area contributed by atoms with Gasteiger partial charge < -0.3 is 10.4 Å². The Balaban J connectivity index is 2.14. The predicted molar refractivity (Wildman–Crippen MR) is 76.5 cm³/mol. The first kappa shape index (κ1) is 13.9. The van der Waals surface area contributed by atoms with Gasteiger partial charge in [-0.15, -0.1) is 0 Å². The van der Waals surface area contributed by atoms with Crippen LogP contribution >= 0.6 is 0 Å². The molecule has 0 saturated heterocycles. The topological polar surface area (TPSA) is 49.3 Å². The summed E-state index contributed by atoms with van der Waals surface area (Å²) in [4.78, 5) is 11.9. The van der Waals surface area contributed by atoms with Crippen LogP contribution in [0, 0.1) is 0 Å². The Morgan fingerprint density at radius 2 is 1.95 bits per heavy atom. The molecule has 3 nitrogen and oxygen atoms in total. The van der Waals surface area contributed by atoms with Gasteiger partial charge in [-0.2, -0.15) is 0 Å². The van der Waals surface area contributed by atoms with Crippen LogP contribution in [0.2, 0.25) is 0 Å². The summed E-state index contributed by atoms with van der Waals surface area (Å²) < 4.78 is 0. The fourth-order valence-corrected chi connectivity index (χ4v) is 2.79. The monoisotopic (exact) mass is 261 g/mol. The molecular weight excluding hydrogens is 238 g/mol. The van der Waals surface area contributed by atoms with Gasteiger partial charge in [0.25, 0.3) is 5.91 Å². The summed E-state index contributed by atoms with van der Waals surface area (Å²) in [7, 11) is 0. The van der Waals surface area contributed by atoms with E-state index in [4.69, 9.17) is 0 Å². The van der Waals surface area contributed by atoms with Crippen molar-refractivity contribution in [3.05, 3.63) is 29.3 Å². The van der Waals surface area contributed by atoms with Gasteiger partial charge in [0.1, 0.15) is 5.75 Å². The number of carbonyl (C=O) groups is 1. The molecule has 0 radical (unpaired) electrons. The van der Waals surface area contributed by atoms with Crippen LogP contribution in [0.25, 0.3) is 0 Å². The molecule has 0 aliphatic heterocycles. The van der Waals surface area contributed by atoms with E-state index in [0.29, 0.717) is 11.5 Å². The predicted octanol–water partition coefficient (Wildman–Crippen LogP) is 3.58. The largest absolute Gasteiger partial charge is 0.508 e. The van der Waals surface area contributed by atoms with Crippen molar-refractivity contribution in [3.63, 3.8) is 0 Å². The highest BCUT2D eigenvalue weighted by Crippen LogP contribution is 2.37. The van der Waals surface area contributed by atoms with Crippen molar-refractivity contribution in [1.29, 1.82) is 0 Å². The second kappa shape index (κ2) is 6.09. The molecule has 1 aliphatic carbocycles. The van der Waals surface area contributed by atoms with Crippen LogP contribution in [-0.4, -0.2) is 17.1 Å². The zero-order valence-corrected chi connectivity index (χ0v) is 11.8. The summed E-state index contributed by atoms with van der Waals surface area (Å²) in [5.41, 5.74) is 1.53. The Morgan fingerprint density at radius 1 is 1.26 bits per heavy atom. The number of amides is 1. The fourth-order valence-electron chi connectivity index (χ4n) is 2.79. The molecule has 0 atom stereocenters. The Morgan fingerprint density at radius 3 is 2.53 bits per heavy atom. The normalized spacial score (nSPS) is 16.6. The fraction of sp³-hybridized carbons (Fsp3) is 0.562. The van der Waals surface area contributed by atoms with Crippen LogP contribution < -0.4 is 5.32 Å². The number of benzene rings is 1. The van der Waals surface area contributed by atoms with E-state index in [1.807, 2.05) is 26.0 Å². The maximum atomic E-state index is 11.9. The lowest BCUT2D eigenvalue weighted by Gasteiger charge is -2.23. The molecule has 104 valence electrons. The molecule has 19 heavy (non-hydrogen) atoms. The van der Waals surface area contributed by atoms with Crippen LogP contribution in [0.15, 0.2) is 18.2 Å². The van der Waals surface area contributed by atoms with E-state index >= 15 is 0 Å². The Bertz CT molecular complexity index is 448. The first-order chi connectivity index (χ1) is 9.08. The Hall–Kier alpha value is -1.51. The minimum Gasteiger partial charge on any atom is -0.508 e. The maximum absolute atomic E-state index is 11.9. The van der Waals surface area contributed by atoms with Crippen molar-refractivity contribution in [2.75, 3.05) is 0 Å². The summed E-state index contributed by atoms with van der Waals surface area (Å²) in [6, 6.07) is 5.44. The zero-order chi connectivity index (χ0) is 13.8. The summed E-state index contributed by atoms with van der Waals surface area (Å²) in [6.07, 6.45) is 6.06. The van der Waals surface area contributed by atoms with Gasteiger partial charge in [0.05, 0.1) is 0 Å². The van der Waals surface area contributed by atoms with Crippen molar-refractivity contribution in [1.82, 2.24) is 5.32 Å². The second-order valence-corrected chi connectivity index (χ2v) is 5.74. The number of hydrogen-bond donors (Lipinski definition) is 2. The molecule has 2 rings (SSSR count). The molecular formula is C16H23NO2. The smallest absolute Gasteiger partial charge is 0.251 e. The quantitative estimate of drug-likeness (QED) is 0.873. The third-order valence-corrected chi connectivity index (χ3v) is 3.76. The molecule has 1 fully saturated rings. The maximum Gasteiger partial charge on any atom is 0.251 e. The van der Waals surface area contributed by atoms with Gasteiger partial charge in [0, 0.05) is 11.6 Å². The highest BCUT2D eigenvalue weighted by molar-refractivity contribution is 5.94. The van der Waals surface area contributed by atoms with E-state index in [1.54, 1.807) is 6.07 Å². The van der Waals surface area contributed by atoms with E-state index in [9.17, 15) is 9.90 Å². The molecule has 3 heteroatoms. The van der Waals surface area contributed by atoms with Crippen molar-refractivity contribution >= 4 is 5.91 Å². The lowest BCUT2D eigenvalue weighted by molar-refractivity contribution is 0.0942. The van der Waals surface area contributed by atoms with Gasteiger partial charge in [-0.3, -0.25) is 4.79 Å². The van der Waals surface area contributed by atoms with E-state index in [0.717, 1.165) is 18.4 Å². The minimum absolute atomic E-state index is 0.104. The van der Waals surface area contributed by atoms with Crippen molar-refractivity contribution in [3.8, 4) is 5.75 Å². The van der Waals surface area contributed by atoms with Gasteiger partial charge >= 0.3 is 0 Å². The van der Waals surface area contributed by atoms with Gasteiger partial charge in [-0.1, -0.05) is 25.3 Å². The molecule has 1 aliphatic rings. The molecule has 0 spiro atoms. The number of aromatic hydroxyl groups is 1. The molecule has 2 N–H and O–H groups in total. The van der Waals surface area contributed by atoms with Crippen LogP contribution in [0.5, 0.6) is 5.75 Å². The number of phenolic OH excluding ortho intramolecular Hbond substituents is 1. The highest BCUT2D eigenvalue weighted by Gasteiger charge is 2.19. The minimum atomic E-state index is -0.125. The van der Waals surface area contributed by atoms with Crippen LogP contribution in [0.4, 0.5) is 0 Å². The van der Waals surface area contributed by atoms with Gasteiger partial charge in [-0.05, 0) is 50.3 Å². The molecule has 1 saturated carbocycles. The van der Waals surface area contributed by atoms with Gasteiger partial charge in [0.15, 0.2) is 0 Å². The third-order valence-electron chi connectivity index (χ3n) is 3.76. The summed E-state index contributed by atoms with van der Waals surface area (Å²) in [5, 5.41) is 13.0. The second-order valence-electron chi connectivity index (χ2n) is 5.74. The highest BCUT2D eigenvalue weighted by atomic mass is 16.3. The molecule has 1 aromatic rings. The summed E-state index contributed by atoms with van der Waals surface area (Å²) >= 11 is 0. The average molecular weight is 261 g/mol. The van der Waals surface area contributed by atoms with Crippen molar-refractivity contribution in [2.24, 2.45) is 0 Å². The first-order valence-electron chi connectivity index (χ1n) is 7.21. The number of carbonyl (C=O) groups excluding carboxylic acids is 1. The van der Waals surface area contributed by atoms with Crippen LogP contribution in [0.1, 0.15) is 67.8 Å².